The number of amides is 2. The highest BCUT2D eigenvalue weighted by atomic mass is 16.5. The minimum Gasteiger partial charge on any atom is -0.481 e. The second-order valence-corrected chi connectivity index (χ2v) is 7.31. The van der Waals surface area contributed by atoms with E-state index in [9.17, 15) is 14.4 Å². The Morgan fingerprint density at radius 1 is 1.14 bits per heavy atom. The Morgan fingerprint density at radius 2 is 1.93 bits per heavy atom. The number of piperidine rings is 1. The molecule has 2 aromatic rings. The number of carbonyl (C=O) groups is 3. The second-order valence-electron chi connectivity index (χ2n) is 7.31. The van der Waals surface area contributed by atoms with E-state index in [2.05, 4.69) is 5.32 Å². The van der Waals surface area contributed by atoms with Crippen LogP contribution in [0.4, 0.5) is 5.69 Å². The van der Waals surface area contributed by atoms with Gasteiger partial charge in [0.1, 0.15) is 5.75 Å². The number of rotatable bonds is 7. The first kappa shape index (κ1) is 20.6. The van der Waals surface area contributed by atoms with Crippen molar-refractivity contribution in [2.75, 3.05) is 11.9 Å². The molecule has 6 heteroatoms. The molecule has 0 spiro atoms. The molecule has 152 valence electrons. The molecule has 0 saturated carbocycles. The molecule has 1 fully saturated rings. The fraction of sp³-hybridized carbons (Fsp3) is 0.348. The van der Waals surface area contributed by atoms with E-state index >= 15 is 0 Å². The number of anilines is 1. The quantitative estimate of drug-likeness (QED) is 0.725. The number of nitrogens with one attached hydrogen (secondary N) is 1. The molecule has 1 atom stereocenters. The second kappa shape index (κ2) is 9.37. The smallest absolute Gasteiger partial charge is 0.265 e. The van der Waals surface area contributed by atoms with Crippen LogP contribution in [0.2, 0.25) is 0 Å². The third-order valence-corrected chi connectivity index (χ3v) is 4.91. The van der Waals surface area contributed by atoms with Crippen molar-refractivity contribution in [3.63, 3.8) is 0 Å². The molecule has 2 aromatic carbocycles. The third kappa shape index (κ3) is 5.67. The zero-order valence-electron chi connectivity index (χ0n) is 16.8. The summed E-state index contributed by atoms with van der Waals surface area (Å²) in [5, 5.41) is 2.85. The summed E-state index contributed by atoms with van der Waals surface area (Å²) in [5.41, 5.74) is 2.17. The van der Waals surface area contributed by atoms with Crippen LogP contribution in [-0.4, -0.2) is 35.1 Å². The van der Waals surface area contributed by atoms with Crippen molar-refractivity contribution >= 4 is 23.3 Å². The van der Waals surface area contributed by atoms with Gasteiger partial charge in [-0.15, -0.1) is 0 Å². The molecule has 1 saturated heterocycles. The van der Waals surface area contributed by atoms with Crippen LogP contribution in [0.1, 0.15) is 49.0 Å². The van der Waals surface area contributed by atoms with Crippen LogP contribution in [0.15, 0.2) is 48.5 Å². The SMILES string of the molecule is CC(=O)c1cccc(OC(C)C(=O)Nc2cccc(CN3CCCCC3=O)c2)c1. The number of hydrogen-bond donors (Lipinski definition) is 1. The van der Waals surface area contributed by atoms with Crippen LogP contribution < -0.4 is 10.1 Å². The maximum atomic E-state index is 12.5. The summed E-state index contributed by atoms with van der Waals surface area (Å²) in [6, 6.07) is 14.3. The molecule has 1 aliphatic heterocycles. The van der Waals surface area contributed by atoms with E-state index in [-0.39, 0.29) is 17.6 Å². The number of likely N-dealkylation sites (tertiary alicyclic amines) is 1. The summed E-state index contributed by atoms with van der Waals surface area (Å²) in [5.74, 6) is 0.305. The van der Waals surface area contributed by atoms with E-state index in [1.807, 2.05) is 29.2 Å². The Morgan fingerprint density at radius 3 is 2.69 bits per heavy atom. The van der Waals surface area contributed by atoms with Crippen molar-refractivity contribution < 1.29 is 19.1 Å². The molecule has 0 radical (unpaired) electrons. The lowest BCUT2D eigenvalue weighted by molar-refractivity contribution is -0.133. The molecule has 6 nitrogen and oxygen atoms in total. The van der Waals surface area contributed by atoms with Gasteiger partial charge in [-0.25, -0.2) is 0 Å². The third-order valence-electron chi connectivity index (χ3n) is 4.91. The van der Waals surface area contributed by atoms with E-state index < -0.39 is 6.10 Å². The number of benzene rings is 2. The average Bonchev–Trinajstić information content (AvgIpc) is 2.70. The zero-order valence-corrected chi connectivity index (χ0v) is 16.8. The van der Waals surface area contributed by atoms with Gasteiger partial charge >= 0.3 is 0 Å². The fourth-order valence-electron chi connectivity index (χ4n) is 3.29. The predicted octanol–water partition coefficient (Wildman–Crippen LogP) is 3.81. The largest absolute Gasteiger partial charge is 0.481 e. The molecular weight excluding hydrogens is 368 g/mol. The van der Waals surface area contributed by atoms with Crippen LogP contribution in [0, 0.1) is 0 Å². The Labute approximate surface area is 170 Å². The molecule has 1 heterocycles. The summed E-state index contributed by atoms with van der Waals surface area (Å²) in [4.78, 5) is 37.9. The molecule has 0 aliphatic carbocycles. The summed E-state index contributed by atoms with van der Waals surface area (Å²) in [6.45, 7) is 4.47. The highest BCUT2D eigenvalue weighted by Crippen LogP contribution is 2.19. The van der Waals surface area contributed by atoms with Crippen molar-refractivity contribution in [1.29, 1.82) is 0 Å². The topological polar surface area (TPSA) is 75.7 Å². The molecular formula is C23H26N2O4. The Bertz CT molecular complexity index is 909. The standard InChI is InChI=1S/C23H26N2O4/c1-16(26)19-8-6-10-21(14-19)29-17(2)23(28)24-20-9-5-7-18(13-20)15-25-12-4-3-11-22(25)27/h5-10,13-14,17H,3-4,11-12,15H2,1-2H3,(H,24,28). The molecule has 1 N–H and O–H groups in total. The zero-order chi connectivity index (χ0) is 20.8. The van der Waals surface area contributed by atoms with Gasteiger partial charge in [-0.05, 0) is 56.5 Å². The number of carbonyl (C=O) groups excluding carboxylic acids is 3. The van der Waals surface area contributed by atoms with Gasteiger partial charge < -0.3 is 15.0 Å². The van der Waals surface area contributed by atoms with Gasteiger partial charge in [0.05, 0.1) is 0 Å². The van der Waals surface area contributed by atoms with Gasteiger partial charge in [0.15, 0.2) is 11.9 Å². The summed E-state index contributed by atoms with van der Waals surface area (Å²) in [6.07, 6.45) is 1.86. The first-order chi connectivity index (χ1) is 13.9. The molecule has 1 aliphatic rings. The van der Waals surface area contributed by atoms with Crippen molar-refractivity contribution in [2.24, 2.45) is 0 Å². The number of ether oxygens (including phenoxy) is 1. The monoisotopic (exact) mass is 394 g/mol. The van der Waals surface area contributed by atoms with Crippen molar-refractivity contribution in [3.05, 3.63) is 59.7 Å². The van der Waals surface area contributed by atoms with Crippen LogP contribution in [0.5, 0.6) is 5.75 Å². The molecule has 1 unspecified atom stereocenters. The van der Waals surface area contributed by atoms with Gasteiger partial charge in [-0.3, -0.25) is 14.4 Å². The van der Waals surface area contributed by atoms with E-state index in [0.717, 1.165) is 24.9 Å². The summed E-state index contributed by atoms with van der Waals surface area (Å²) < 4.78 is 5.69. The highest BCUT2D eigenvalue weighted by molar-refractivity contribution is 5.95. The maximum Gasteiger partial charge on any atom is 0.265 e. The van der Waals surface area contributed by atoms with Gasteiger partial charge in [-0.2, -0.15) is 0 Å². The van der Waals surface area contributed by atoms with Gasteiger partial charge in [0, 0.05) is 30.8 Å². The number of ketones is 1. The van der Waals surface area contributed by atoms with Crippen LogP contribution in [0.25, 0.3) is 0 Å². The van der Waals surface area contributed by atoms with Crippen molar-refractivity contribution in [2.45, 2.75) is 45.8 Å². The van der Waals surface area contributed by atoms with Crippen LogP contribution in [-0.2, 0) is 16.1 Å². The van der Waals surface area contributed by atoms with Crippen molar-refractivity contribution in [1.82, 2.24) is 4.90 Å². The molecule has 0 bridgehead atoms. The fourth-order valence-corrected chi connectivity index (χ4v) is 3.29. The predicted molar refractivity (Wildman–Crippen MR) is 111 cm³/mol. The molecule has 2 amide bonds. The first-order valence-corrected chi connectivity index (χ1v) is 9.87. The lowest BCUT2D eigenvalue weighted by atomic mass is 10.1. The molecule has 0 aromatic heterocycles. The van der Waals surface area contributed by atoms with E-state index in [0.29, 0.717) is 30.0 Å². The van der Waals surface area contributed by atoms with Gasteiger partial charge in [0.25, 0.3) is 5.91 Å². The minimum atomic E-state index is -0.732. The number of Topliss-reactive ketones (excluding diaryl/α,β-unsaturated/α-hetero) is 1. The van der Waals surface area contributed by atoms with Crippen LogP contribution >= 0.6 is 0 Å². The molecule has 3 rings (SSSR count). The lowest BCUT2D eigenvalue weighted by Gasteiger charge is -2.27. The highest BCUT2D eigenvalue weighted by Gasteiger charge is 2.19. The van der Waals surface area contributed by atoms with E-state index in [4.69, 9.17) is 4.74 Å². The summed E-state index contributed by atoms with van der Waals surface area (Å²) in [7, 11) is 0. The van der Waals surface area contributed by atoms with Crippen molar-refractivity contribution in [3.8, 4) is 5.75 Å². The lowest BCUT2D eigenvalue weighted by Crippen LogP contribution is -2.34. The Hall–Kier alpha value is -3.15. The summed E-state index contributed by atoms with van der Waals surface area (Å²) >= 11 is 0. The van der Waals surface area contributed by atoms with Crippen LogP contribution in [0.3, 0.4) is 0 Å². The molecule has 29 heavy (non-hydrogen) atoms. The number of nitrogens with zero attached hydrogens (tertiary/aromatic N) is 1. The average molecular weight is 394 g/mol. The Balaban J connectivity index is 1.60. The van der Waals surface area contributed by atoms with Gasteiger partial charge in [-0.1, -0.05) is 24.3 Å². The minimum absolute atomic E-state index is 0.0587. The Kier molecular flexibility index (Phi) is 6.65. The maximum absolute atomic E-state index is 12.5. The van der Waals surface area contributed by atoms with E-state index in [1.165, 1.54) is 6.92 Å². The first-order valence-electron chi connectivity index (χ1n) is 9.87. The normalized spacial score (nSPS) is 15.0. The van der Waals surface area contributed by atoms with Gasteiger partial charge in [0.2, 0.25) is 5.91 Å². The van der Waals surface area contributed by atoms with E-state index in [1.54, 1.807) is 31.2 Å². The number of hydrogen-bond acceptors (Lipinski definition) is 4.